The lowest BCUT2D eigenvalue weighted by Crippen LogP contribution is -2.18. The van der Waals surface area contributed by atoms with Crippen molar-refractivity contribution in [2.45, 2.75) is 29.4 Å². The van der Waals surface area contributed by atoms with E-state index in [0.717, 1.165) is 32.7 Å². The van der Waals surface area contributed by atoms with E-state index >= 15 is 0 Å². The lowest BCUT2D eigenvalue weighted by molar-refractivity contribution is -0.112. The number of hydrogen-bond acceptors (Lipinski definition) is 7. The SMILES string of the molecule is Cc1cccc(C)c1CS(=O)(=O)c1ccc2c(c1)NC(=O)/C(=C\c1ccc(-c3nn[nH]n3)cc1)S2. The molecule has 5 rings (SSSR count). The molecular weight excluding hydrogens is 482 g/mol. The van der Waals surface area contributed by atoms with Gasteiger partial charge in [-0.1, -0.05) is 54.2 Å². The first-order valence-electron chi connectivity index (χ1n) is 10.8. The molecule has 2 heterocycles. The van der Waals surface area contributed by atoms with Crippen molar-refractivity contribution in [3.05, 3.63) is 87.8 Å². The van der Waals surface area contributed by atoms with Crippen molar-refractivity contribution in [1.29, 1.82) is 0 Å². The minimum atomic E-state index is -3.59. The molecule has 1 aromatic heterocycles. The number of aromatic amines is 1. The second-order valence-corrected chi connectivity index (χ2v) is 11.3. The zero-order valence-electron chi connectivity index (χ0n) is 18.9. The Balaban J connectivity index is 1.38. The first kappa shape index (κ1) is 23.0. The molecule has 4 aromatic rings. The largest absolute Gasteiger partial charge is 0.320 e. The Hall–Kier alpha value is -3.76. The number of aryl methyl sites for hydroxylation is 2. The molecule has 0 fully saturated rings. The maximum Gasteiger partial charge on any atom is 0.262 e. The van der Waals surface area contributed by atoms with Crippen LogP contribution in [-0.2, 0) is 20.4 Å². The van der Waals surface area contributed by atoms with Gasteiger partial charge in [-0.15, -0.1) is 10.2 Å². The molecule has 0 bridgehead atoms. The van der Waals surface area contributed by atoms with Gasteiger partial charge in [0.05, 0.1) is 21.2 Å². The fourth-order valence-electron chi connectivity index (χ4n) is 3.85. The zero-order valence-corrected chi connectivity index (χ0v) is 20.6. The summed E-state index contributed by atoms with van der Waals surface area (Å²) in [5, 5.41) is 16.7. The van der Waals surface area contributed by atoms with Gasteiger partial charge in [0.15, 0.2) is 9.84 Å². The predicted molar refractivity (Wildman–Crippen MR) is 135 cm³/mol. The standard InChI is InChI=1S/C25H21N5O3S2/c1-15-4-3-5-16(2)20(15)14-35(32,33)19-10-11-22-21(13-19)26-25(31)23(34-22)12-17-6-8-18(9-7-17)24-27-29-30-28-24/h3-13H,14H2,1-2H3,(H,26,31)(H,27,28,29,30)/b23-12+. The van der Waals surface area contributed by atoms with Gasteiger partial charge in [-0.2, -0.15) is 5.21 Å². The summed E-state index contributed by atoms with van der Waals surface area (Å²) in [7, 11) is -3.59. The Morgan fingerprint density at radius 3 is 2.43 bits per heavy atom. The van der Waals surface area contributed by atoms with Crippen LogP contribution in [0.3, 0.4) is 0 Å². The summed E-state index contributed by atoms with van der Waals surface area (Å²) in [6, 6.07) is 18.1. The number of anilines is 1. The number of carbonyl (C=O) groups excluding carboxylic acids is 1. The Morgan fingerprint density at radius 2 is 1.74 bits per heavy atom. The van der Waals surface area contributed by atoms with E-state index in [1.807, 2.05) is 56.3 Å². The van der Waals surface area contributed by atoms with Gasteiger partial charge in [-0.3, -0.25) is 4.79 Å². The van der Waals surface area contributed by atoms with E-state index in [1.165, 1.54) is 11.8 Å². The summed E-state index contributed by atoms with van der Waals surface area (Å²) < 4.78 is 26.3. The lowest BCUT2D eigenvalue weighted by Gasteiger charge is -2.20. The average molecular weight is 504 g/mol. The number of hydrogen-bond donors (Lipinski definition) is 2. The number of fused-ring (bicyclic) bond motifs is 1. The van der Waals surface area contributed by atoms with Gasteiger partial charge in [-0.05, 0) is 65.6 Å². The van der Waals surface area contributed by atoms with Crippen molar-refractivity contribution in [3.63, 3.8) is 0 Å². The Labute approximate surface area is 206 Å². The van der Waals surface area contributed by atoms with Crippen molar-refractivity contribution in [3.8, 4) is 11.4 Å². The molecule has 1 aliphatic heterocycles. The van der Waals surface area contributed by atoms with Crippen LogP contribution in [-0.4, -0.2) is 34.9 Å². The van der Waals surface area contributed by atoms with Gasteiger partial charge in [0.1, 0.15) is 0 Å². The van der Waals surface area contributed by atoms with E-state index in [9.17, 15) is 13.2 Å². The highest BCUT2D eigenvalue weighted by atomic mass is 32.2. The van der Waals surface area contributed by atoms with Gasteiger partial charge in [0, 0.05) is 10.5 Å². The van der Waals surface area contributed by atoms with Crippen LogP contribution in [0.15, 0.2) is 75.4 Å². The minimum absolute atomic E-state index is 0.0869. The predicted octanol–water partition coefficient (Wildman–Crippen LogP) is 4.54. The molecule has 0 saturated heterocycles. The van der Waals surface area contributed by atoms with Crippen LogP contribution in [0.1, 0.15) is 22.3 Å². The smallest absolute Gasteiger partial charge is 0.262 e. The third-order valence-electron chi connectivity index (χ3n) is 5.79. The monoisotopic (exact) mass is 503 g/mol. The molecule has 1 amide bonds. The Morgan fingerprint density at radius 1 is 1.00 bits per heavy atom. The summed E-state index contributed by atoms with van der Waals surface area (Å²) in [5.41, 5.74) is 4.82. The van der Waals surface area contributed by atoms with Crippen molar-refractivity contribution >= 4 is 39.3 Å². The van der Waals surface area contributed by atoms with E-state index in [2.05, 4.69) is 25.9 Å². The number of carbonyl (C=O) groups is 1. The number of H-pyrrole nitrogens is 1. The van der Waals surface area contributed by atoms with Crippen molar-refractivity contribution in [1.82, 2.24) is 20.6 Å². The average Bonchev–Trinajstić information content (AvgIpc) is 3.37. The maximum atomic E-state index is 13.1. The van der Waals surface area contributed by atoms with Crippen LogP contribution in [0.5, 0.6) is 0 Å². The fourth-order valence-corrected chi connectivity index (χ4v) is 6.35. The van der Waals surface area contributed by atoms with E-state index in [-0.39, 0.29) is 16.6 Å². The highest BCUT2D eigenvalue weighted by Gasteiger charge is 2.25. The number of nitrogens with one attached hydrogen (secondary N) is 2. The Bertz CT molecular complexity index is 1540. The number of nitrogens with zero attached hydrogens (tertiary/aromatic N) is 3. The maximum absolute atomic E-state index is 13.1. The summed E-state index contributed by atoms with van der Waals surface area (Å²) in [5.74, 6) is 0.122. The van der Waals surface area contributed by atoms with Crippen molar-refractivity contribution in [2.24, 2.45) is 0 Å². The molecule has 1 aliphatic rings. The van der Waals surface area contributed by atoms with E-state index in [0.29, 0.717) is 16.4 Å². The second kappa shape index (κ2) is 9.12. The molecule has 0 atom stereocenters. The molecule has 0 aliphatic carbocycles. The number of tetrazole rings is 1. The first-order chi connectivity index (χ1) is 16.8. The number of benzene rings is 3. The molecule has 8 nitrogen and oxygen atoms in total. The minimum Gasteiger partial charge on any atom is -0.320 e. The van der Waals surface area contributed by atoms with Crippen molar-refractivity contribution in [2.75, 3.05) is 5.32 Å². The third kappa shape index (κ3) is 4.75. The number of aromatic nitrogens is 4. The van der Waals surface area contributed by atoms with Crippen LogP contribution in [0.4, 0.5) is 5.69 Å². The molecule has 10 heteroatoms. The summed E-state index contributed by atoms with van der Waals surface area (Å²) >= 11 is 1.30. The summed E-state index contributed by atoms with van der Waals surface area (Å²) in [6.07, 6.45) is 1.79. The first-order valence-corrected chi connectivity index (χ1v) is 13.2. The quantitative estimate of drug-likeness (QED) is 0.384. The van der Waals surface area contributed by atoms with Gasteiger partial charge in [-0.25, -0.2) is 8.42 Å². The third-order valence-corrected chi connectivity index (χ3v) is 8.53. The molecule has 35 heavy (non-hydrogen) atoms. The van der Waals surface area contributed by atoms with Crippen LogP contribution < -0.4 is 5.32 Å². The molecule has 2 N–H and O–H groups in total. The molecule has 0 spiro atoms. The number of amides is 1. The summed E-state index contributed by atoms with van der Waals surface area (Å²) in [4.78, 5) is 14.3. The fraction of sp³-hybridized carbons (Fsp3) is 0.120. The van der Waals surface area contributed by atoms with Crippen LogP contribution in [0, 0.1) is 13.8 Å². The van der Waals surface area contributed by atoms with Crippen molar-refractivity contribution < 1.29 is 13.2 Å². The van der Waals surface area contributed by atoms with E-state index in [4.69, 9.17) is 0 Å². The normalized spacial score (nSPS) is 14.6. The molecule has 0 unspecified atom stereocenters. The highest BCUT2D eigenvalue weighted by molar-refractivity contribution is 8.04. The van der Waals surface area contributed by atoms with Gasteiger partial charge < -0.3 is 5.32 Å². The zero-order chi connectivity index (χ0) is 24.6. The van der Waals surface area contributed by atoms with Crippen LogP contribution >= 0.6 is 11.8 Å². The summed E-state index contributed by atoms with van der Waals surface area (Å²) in [6.45, 7) is 3.82. The lowest BCUT2D eigenvalue weighted by atomic mass is 10.1. The van der Waals surface area contributed by atoms with Crippen LogP contribution in [0.2, 0.25) is 0 Å². The molecule has 3 aromatic carbocycles. The van der Waals surface area contributed by atoms with Crippen LogP contribution in [0.25, 0.3) is 17.5 Å². The number of sulfone groups is 1. The van der Waals surface area contributed by atoms with E-state index < -0.39 is 9.84 Å². The molecule has 176 valence electrons. The Kier molecular flexibility index (Phi) is 6.00. The second-order valence-electron chi connectivity index (χ2n) is 8.21. The number of thioether (sulfide) groups is 1. The van der Waals surface area contributed by atoms with Gasteiger partial charge in [0.2, 0.25) is 5.82 Å². The van der Waals surface area contributed by atoms with E-state index in [1.54, 1.807) is 24.3 Å². The molecular formula is C25H21N5O3S2. The molecule has 0 saturated carbocycles. The molecule has 0 radical (unpaired) electrons. The highest BCUT2D eigenvalue weighted by Crippen LogP contribution is 2.40. The number of rotatable bonds is 5. The van der Waals surface area contributed by atoms with Gasteiger partial charge in [0.25, 0.3) is 5.91 Å². The van der Waals surface area contributed by atoms with Gasteiger partial charge >= 0.3 is 0 Å². The topological polar surface area (TPSA) is 118 Å².